The summed E-state index contributed by atoms with van der Waals surface area (Å²) in [4.78, 5) is 16.6. The second kappa shape index (κ2) is 7.88. The lowest BCUT2D eigenvalue weighted by Gasteiger charge is -2.07. The molecular weight excluding hydrogens is 432 g/mol. The number of halogens is 1. The molecule has 0 radical (unpaired) electrons. The molecule has 0 bridgehead atoms. The van der Waals surface area contributed by atoms with E-state index in [0.29, 0.717) is 16.1 Å². The first-order chi connectivity index (χ1) is 14.3. The minimum absolute atomic E-state index is 0.0952. The highest BCUT2D eigenvalue weighted by molar-refractivity contribution is 7.90. The summed E-state index contributed by atoms with van der Waals surface area (Å²) in [6.45, 7) is 1.26. The van der Waals surface area contributed by atoms with Crippen LogP contribution in [-0.2, 0) is 26.2 Å². The highest BCUT2D eigenvalue weighted by Crippen LogP contribution is 2.23. The van der Waals surface area contributed by atoms with Gasteiger partial charge < -0.3 is 9.15 Å². The number of sulfonamides is 1. The van der Waals surface area contributed by atoms with Gasteiger partial charge in [-0.15, -0.1) is 10.2 Å². The molecule has 30 heavy (non-hydrogen) atoms. The summed E-state index contributed by atoms with van der Waals surface area (Å²) in [6, 6.07) is 12.3. The number of benzene rings is 2. The predicted octanol–water partition coefficient (Wildman–Crippen LogP) is 2.56. The van der Waals surface area contributed by atoms with Crippen LogP contribution in [0.3, 0.4) is 0 Å². The third-order valence-electron chi connectivity index (χ3n) is 4.22. The number of ether oxygens (including phenoxy) is 1. The Hall–Kier alpha value is -3.24. The Labute approximate surface area is 176 Å². The molecule has 0 amide bonds. The Morgan fingerprint density at radius 1 is 1.20 bits per heavy atom. The van der Waals surface area contributed by atoms with Crippen LogP contribution in [0.5, 0.6) is 0 Å². The molecule has 9 nitrogen and oxygen atoms in total. The van der Waals surface area contributed by atoms with Crippen LogP contribution in [0.25, 0.3) is 11.5 Å². The first-order valence-corrected chi connectivity index (χ1v) is 10.6. The SMILES string of the molecule is CC(N=C1NS(=O)(=O)c2ccccc21)C(=O)OCc1nnc(-c2ccc(Cl)cc2)o1. The fourth-order valence-electron chi connectivity index (χ4n) is 2.75. The number of esters is 1. The molecule has 0 saturated carbocycles. The van der Waals surface area contributed by atoms with Gasteiger partial charge in [0.05, 0.1) is 4.90 Å². The lowest BCUT2D eigenvalue weighted by Crippen LogP contribution is -2.26. The van der Waals surface area contributed by atoms with Crippen LogP contribution in [0.15, 0.2) is 62.8 Å². The molecule has 1 N–H and O–H groups in total. The average Bonchev–Trinajstić information content (AvgIpc) is 3.30. The highest BCUT2D eigenvalue weighted by Gasteiger charge is 2.31. The maximum atomic E-state index is 12.3. The van der Waals surface area contributed by atoms with Crippen LogP contribution < -0.4 is 4.72 Å². The Morgan fingerprint density at radius 3 is 2.70 bits per heavy atom. The van der Waals surface area contributed by atoms with Gasteiger partial charge in [0, 0.05) is 16.1 Å². The molecule has 2 heterocycles. The number of rotatable bonds is 5. The van der Waals surface area contributed by atoms with Gasteiger partial charge in [-0.2, -0.15) is 0 Å². The number of amidine groups is 1. The largest absolute Gasteiger partial charge is 0.454 e. The Kier molecular flexibility index (Phi) is 5.27. The molecule has 1 aliphatic heterocycles. The van der Waals surface area contributed by atoms with E-state index >= 15 is 0 Å². The van der Waals surface area contributed by atoms with E-state index in [0.717, 1.165) is 0 Å². The number of fused-ring (bicyclic) bond motifs is 1. The summed E-state index contributed by atoms with van der Waals surface area (Å²) in [7, 11) is -3.68. The van der Waals surface area contributed by atoms with E-state index in [1.807, 2.05) is 0 Å². The number of nitrogens with zero attached hydrogens (tertiary/aromatic N) is 3. The molecule has 0 saturated heterocycles. The van der Waals surface area contributed by atoms with Crippen LogP contribution >= 0.6 is 11.6 Å². The van der Waals surface area contributed by atoms with Crippen molar-refractivity contribution in [1.82, 2.24) is 14.9 Å². The third kappa shape index (κ3) is 4.05. The molecule has 4 rings (SSSR count). The molecule has 1 aromatic heterocycles. The first kappa shape index (κ1) is 20.0. The van der Waals surface area contributed by atoms with Crippen molar-refractivity contribution < 1.29 is 22.4 Å². The lowest BCUT2D eigenvalue weighted by atomic mass is 10.2. The summed E-state index contributed by atoms with van der Waals surface area (Å²) in [5.41, 5.74) is 1.08. The Balaban J connectivity index is 1.42. The molecule has 3 aromatic rings. The second-order valence-corrected chi connectivity index (χ2v) is 8.46. The van der Waals surface area contributed by atoms with Gasteiger partial charge in [0.15, 0.2) is 6.61 Å². The Bertz CT molecular complexity index is 1240. The topological polar surface area (TPSA) is 124 Å². The van der Waals surface area contributed by atoms with Crippen LogP contribution in [0.1, 0.15) is 18.4 Å². The third-order valence-corrected chi connectivity index (χ3v) is 5.87. The molecule has 154 valence electrons. The van der Waals surface area contributed by atoms with E-state index in [1.54, 1.807) is 42.5 Å². The minimum atomic E-state index is -3.68. The molecule has 0 fully saturated rings. The van der Waals surface area contributed by atoms with E-state index in [9.17, 15) is 13.2 Å². The van der Waals surface area contributed by atoms with E-state index in [4.69, 9.17) is 20.8 Å². The summed E-state index contributed by atoms with van der Waals surface area (Å²) in [5.74, 6) is -0.196. The quantitative estimate of drug-likeness (QED) is 0.597. The minimum Gasteiger partial charge on any atom is -0.454 e. The van der Waals surface area contributed by atoms with Crippen molar-refractivity contribution in [3.8, 4) is 11.5 Å². The zero-order valence-corrected chi connectivity index (χ0v) is 17.1. The standard InChI is InChI=1S/C19H15ClN4O5S/c1-11(21-17-14-4-2-3-5-15(14)30(26,27)24-17)19(25)28-10-16-22-23-18(29-16)12-6-8-13(20)9-7-12/h2-9,11H,10H2,1H3,(H,21,24). The second-order valence-electron chi connectivity index (χ2n) is 6.37. The number of aliphatic imine (C=N–C) groups is 1. The van der Waals surface area contributed by atoms with Crippen molar-refractivity contribution in [2.24, 2.45) is 4.99 Å². The van der Waals surface area contributed by atoms with Crippen LogP contribution in [0.4, 0.5) is 0 Å². The van der Waals surface area contributed by atoms with Gasteiger partial charge in [-0.25, -0.2) is 13.2 Å². The van der Waals surface area contributed by atoms with Crippen molar-refractivity contribution in [3.63, 3.8) is 0 Å². The zero-order chi connectivity index (χ0) is 21.3. The van der Waals surface area contributed by atoms with Gasteiger partial charge in [0.1, 0.15) is 11.9 Å². The summed E-state index contributed by atoms with van der Waals surface area (Å²) in [6.07, 6.45) is 0. The Morgan fingerprint density at radius 2 is 1.93 bits per heavy atom. The summed E-state index contributed by atoms with van der Waals surface area (Å²) >= 11 is 5.85. The maximum Gasteiger partial charge on any atom is 0.331 e. The van der Waals surface area contributed by atoms with Crippen molar-refractivity contribution in [2.45, 2.75) is 24.5 Å². The number of aromatic nitrogens is 2. The van der Waals surface area contributed by atoms with Crippen molar-refractivity contribution in [3.05, 3.63) is 65.0 Å². The van der Waals surface area contributed by atoms with Gasteiger partial charge in [-0.1, -0.05) is 23.7 Å². The number of nitrogens with one attached hydrogen (secondary N) is 1. The van der Waals surface area contributed by atoms with Crippen LogP contribution in [0.2, 0.25) is 5.02 Å². The number of carbonyl (C=O) groups is 1. The van der Waals surface area contributed by atoms with Crippen molar-refractivity contribution in [2.75, 3.05) is 0 Å². The summed E-state index contributed by atoms with van der Waals surface area (Å²) < 4.78 is 37.2. The summed E-state index contributed by atoms with van der Waals surface area (Å²) in [5, 5.41) is 8.33. The number of hydrogen-bond donors (Lipinski definition) is 1. The molecule has 0 spiro atoms. The molecule has 2 aromatic carbocycles. The fraction of sp³-hybridized carbons (Fsp3) is 0.158. The van der Waals surface area contributed by atoms with E-state index in [-0.39, 0.29) is 29.1 Å². The molecule has 0 aliphatic carbocycles. The highest BCUT2D eigenvalue weighted by atomic mass is 35.5. The zero-order valence-electron chi connectivity index (χ0n) is 15.6. The molecular formula is C19H15ClN4O5S. The molecule has 1 atom stereocenters. The van der Waals surface area contributed by atoms with E-state index in [2.05, 4.69) is 19.9 Å². The van der Waals surface area contributed by atoms with Gasteiger partial charge in [0.25, 0.3) is 15.9 Å². The van der Waals surface area contributed by atoms with Crippen molar-refractivity contribution >= 4 is 33.4 Å². The van der Waals surface area contributed by atoms with Gasteiger partial charge >= 0.3 is 5.97 Å². The smallest absolute Gasteiger partial charge is 0.331 e. The van der Waals surface area contributed by atoms with Gasteiger partial charge in [-0.05, 0) is 43.3 Å². The fourth-order valence-corrected chi connectivity index (χ4v) is 4.12. The maximum absolute atomic E-state index is 12.3. The van der Waals surface area contributed by atoms with E-state index in [1.165, 1.54) is 13.0 Å². The molecule has 11 heteroatoms. The lowest BCUT2D eigenvalue weighted by molar-refractivity contribution is -0.146. The van der Waals surface area contributed by atoms with Gasteiger partial charge in [0.2, 0.25) is 5.89 Å². The number of hydrogen-bond acceptors (Lipinski definition) is 8. The van der Waals surface area contributed by atoms with Crippen LogP contribution in [-0.4, -0.2) is 36.5 Å². The number of carbonyl (C=O) groups excluding carboxylic acids is 1. The first-order valence-electron chi connectivity index (χ1n) is 8.78. The van der Waals surface area contributed by atoms with Crippen molar-refractivity contribution in [1.29, 1.82) is 0 Å². The average molecular weight is 447 g/mol. The van der Waals surface area contributed by atoms with E-state index < -0.39 is 22.0 Å². The predicted molar refractivity (Wildman–Crippen MR) is 107 cm³/mol. The molecule has 1 unspecified atom stereocenters. The normalized spacial score (nSPS) is 16.7. The molecule has 1 aliphatic rings. The van der Waals surface area contributed by atoms with Crippen LogP contribution in [0, 0.1) is 0 Å². The van der Waals surface area contributed by atoms with Gasteiger partial charge in [-0.3, -0.25) is 9.71 Å². The monoisotopic (exact) mass is 446 g/mol.